The van der Waals surface area contributed by atoms with Gasteiger partial charge in [-0.05, 0) is 50.7 Å². The second kappa shape index (κ2) is 6.77. The maximum absolute atomic E-state index is 5.67. The first-order chi connectivity index (χ1) is 10.3. The standard InChI is InChI=1S/C17H28N4/c1-19-8-6-17(7-9-19)21-12-10-20(11-13-21)16-4-2-15(14-18)3-5-16/h2-5,17H,6-14,18H2,1H3. The van der Waals surface area contributed by atoms with Crippen molar-refractivity contribution in [1.82, 2.24) is 9.80 Å². The van der Waals surface area contributed by atoms with E-state index in [0.29, 0.717) is 6.54 Å². The number of nitrogens with two attached hydrogens (primary N) is 1. The average molecular weight is 288 g/mol. The van der Waals surface area contributed by atoms with E-state index in [2.05, 4.69) is 46.0 Å². The van der Waals surface area contributed by atoms with Crippen LogP contribution in [0.25, 0.3) is 0 Å². The topological polar surface area (TPSA) is 35.7 Å². The summed E-state index contributed by atoms with van der Waals surface area (Å²) in [5, 5.41) is 0. The molecule has 4 heteroatoms. The number of piperidine rings is 1. The van der Waals surface area contributed by atoms with Crippen LogP contribution in [0.4, 0.5) is 5.69 Å². The van der Waals surface area contributed by atoms with Crippen LogP contribution in [0.3, 0.4) is 0 Å². The summed E-state index contributed by atoms with van der Waals surface area (Å²) >= 11 is 0. The number of benzene rings is 1. The molecule has 0 aliphatic carbocycles. The van der Waals surface area contributed by atoms with Gasteiger partial charge in [-0.15, -0.1) is 0 Å². The van der Waals surface area contributed by atoms with Gasteiger partial charge in [0.05, 0.1) is 0 Å². The first-order valence-electron chi connectivity index (χ1n) is 8.23. The van der Waals surface area contributed by atoms with Gasteiger partial charge >= 0.3 is 0 Å². The second-order valence-electron chi connectivity index (χ2n) is 6.43. The highest BCUT2D eigenvalue weighted by Crippen LogP contribution is 2.21. The summed E-state index contributed by atoms with van der Waals surface area (Å²) < 4.78 is 0. The number of anilines is 1. The van der Waals surface area contributed by atoms with Crippen molar-refractivity contribution in [2.75, 3.05) is 51.2 Å². The van der Waals surface area contributed by atoms with E-state index in [1.165, 1.54) is 50.3 Å². The Labute approximate surface area is 128 Å². The van der Waals surface area contributed by atoms with Crippen LogP contribution in [-0.2, 0) is 6.54 Å². The molecule has 2 heterocycles. The van der Waals surface area contributed by atoms with Crippen LogP contribution in [0, 0.1) is 0 Å². The van der Waals surface area contributed by atoms with Crippen molar-refractivity contribution in [3.05, 3.63) is 29.8 Å². The predicted molar refractivity (Wildman–Crippen MR) is 88.6 cm³/mol. The molecule has 1 aromatic rings. The van der Waals surface area contributed by atoms with E-state index < -0.39 is 0 Å². The summed E-state index contributed by atoms with van der Waals surface area (Å²) in [5.41, 5.74) is 8.22. The molecule has 2 aliphatic rings. The molecule has 0 atom stereocenters. The third-order valence-corrected chi connectivity index (χ3v) is 5.06. The lowest BCUT2D eigenvalue weighted by Gasteiger charge is -2.42. The Morgan fingerprint density at radius 2 is 1.57 bits per heavy atom. The monoisotopic (exact) mass is 288 g/mol. The molecule has 2 saturated heterocycles. The van der Waals surface area contributed by atoms with Crippen LogP contribution >= 0.6 is 0 Å². The molecule has 116 valence electrons. The molecular weight excluding hydrogens is 260 g/mol. The molecule has 21 heavy (non-hydrogen) atoms. The minimum absolute atomic E-state index is 0.629. The van der Waals surface area contributed by atoms with Crippen molar-refractivity contribution in [1.29, 1.82) is 0 Å². The zero-order valence-electron chi connectivity index (χ0n) is 13.2. The molecule has 4 nitrogen and oxygen atoms in total. The highest BCUT2D eigenvalue weighted by Gasteiger charge is 2.26. The lowest BCUT2D eigenvalue weighted by Crippen LogP contribution is -2.53. The third kappa shape index (κ3) is 3.57. The Morgan fingerprint density at radius 1 is 0.952 bits per heavy atom. The van der Waals surface area contributed by atoms with Crippen LogP contribution in [0.1, 0.15) is 18.4 Å². The summed E-state index contributed by atoms with van der Waals surface area (Å²) in [6, 6.07) is 9.54. The normalized spacial score (nSPS) is 22.7. The molecule has 2 N–H and O–H groups in total. The number of hydrogen-bond donors (Lipinski definition) is 1. The third-order valence-electron chi connectivity index (χ3n) is 5.06. The SMILES string of the molecule is CN1CCC(N2CCN(c3ccc(CN)cc3)CC2)CC1. The molecule has 0 saturated carbocycles. The number of nitrogens with zero attached hydrogens (tertiary/aromatic N) is 3. The Balaban J connectivity index is 1.52. The summed E-state index contributed by atoms with van der Waals surface area (Å²) in [4.78, 5) is 7.66. The summed E-state index contributed by atoms with van der Waals surface area (Å²) in [6.07, 6.45) is 2.67. The lowest BCUT2D eigenvalue weighted by atomic mass is 10.0. The van der Waals surface area contributed by atoms with Crippen LogP contribution in [0.15, 0.2) is 24.3 Å². The van der Waals surface area contributed by atoms with E-state index in [-0.39, 0.29) is 0 Å². The van der Waals surface area contributed by atoms with Gasteiger partial charge in [0.15, 0.2) is 0 Å². The van der Waals surface area contributed by atoms with Crippen molar-refractivity contribution in [2.45, 2.75) is 25.4 Å². The maximum Gasteiger partial charge on any atom is 0.0367 e. The second-order valence-corrected chi connectivity index (χ2v) is 6.43. The van der Waals surface area contributed by atoms with Gasteiger partial charge in [-0.2, -0.15) is 0 Å². The van der Waals surface area contributed by atoms with E-state index in [9.17, 15) is 0 Å². The minimum Gasteiger partial charge on any atom is -0.369 e. The Kier molecular flexibility index (Phi) is 4.78. The first-order valence-corrected chi connectivity index (χ1v) is 8.23. The molecule has 2 fully saturated rings. The molecule has 1 aromatic carbocycles. The number of piperazine rings is 1. The lowest BCUT2D eigenvalue weighted by molar-refractivity contribution is 0.115. The Hall–Kier alpha value is -1.10. The molecule has 0 spiro atoms. The fraction of sp³-hybridized carbons (Fsp3) is 0.647. The Bertz CT molecular complexity index is 429. The largest absolute Gasteiger partial charge is 0.369 e. The van der Waals surface area contributed by atoms with Gasteiger partial charge in [-0.1, -0.05) is 12.1 Å². The minimum atomic E-state index is 0.629. The molecule has 0 bridgehead atoms. The number of likely N-dealkylation sites (tertiary alicyclic amines) is 1. The van der Waals surface area contributed by atoms with Gasteiger partial charge in [0, 0.05) is 44.5 Å². The van der Waals surface area contributed by atoms with Crippen LogP contribution < -0.4 is 10.6 Å². The van der Waals surface area contributed by atoms with Crippen LogP contribution in [-0.4, -0.2) is 62.2 Å². The highest BCUT2D eigenvalue weighted by molar-refractivity contribution is 5.48. The quantitative estimate of drug-likeness (QED) is 0.911. The average Bonchev–Trinajstić information content (AvgIpc) is 2.56. The molecule has 0 aromatic heterocycles. The maximum atomic E-state index is 5.67. The summed E-state index contributed by atoms with van der Waals surface area (Å²) in [5.74, 6) is 0. The van der Waals surface area contributed by atoms with Crippen LogP contribution in [0.5, 0.6) is 0 Å². The van der Waals surface area contributed by atoms with Gasteiger partial charge in [0.25, 0.3) is 0 Å². The molecule has 0 amide bonds. The van der Waals surface area contributed by atoms with Crippen LogP contribution in [0.2, 0.25) is 0 Å². The fourth-order valence-corrected chi connectivity index (χ4v) is 3.55. The Morgan fingerprint density at radius 3 is 2.14 bits per heavy atom. The van der Waals surface area contributed by atoms with Crippen molar-refractivity contribution < 1.29 is 0 Å². The molecule has 3 rings (SSSR count). The fourth-order valence-electron chi connectivity index (χ4n) is 3.55. The summed E-state index contributed by atoms with van der Waals surface area (Å²) in [7, 11) is 2.24. The van der Waals surface area contributed by atoms with E-state index >= 15 is 0 Å². The van der Waals surface area contributed by atoms with Crippen molar-refractivity contribution in [2.24, 2.45) is 5.73 Å². The van der Waals surface area contributed by atoms with Gasteiger partial charge in [-0.25, -0.2) is 0 Å². The smallest absolute Gasteiger partial charge is 0.0367 e. The van der Waals surface area contributed by atoms with Crippen molar-refractivity contribution in [3.63, 3.8) is 0 Å². The molecular formula is C17H28N4. The highest BCUT2D eigenvalue weighted by atomic mass is 15.3. The van der Waals surface area contributed by atoms with Gasteiger partial charge in [-0.3, -0.25) is 4.90 Å². The molecule has 0 radical (unpaired) electrons. The first kappa shape index (κ1) is 14.8. The molecule has 0 unspecified atom stereocenters. The van der Waals surface area contributed by atoms with E-state index in [0.717, 1.165) is 19.1 Å². The number of rotatable bonds is 3. The van der Waals surface area contributed by atoms with Crippen molar-refractivity contribution >= 4 is 5.69 Å². The van der Waals surface area contributed by atoms with E-state index in [4.69, 9.17) is 5.73 Å². The predicted octanol–water partition coefficient (Wildman–Crippen LogP) is 1.36. The van der Waals surface area contributed by atoms with Gasteiger partial charge in [0.2, 0.25) is 0 Å². The number of hydrogen-bond acceptors (Lipinski definition) is 4. The van der Waals surface area contributed by atoms with E-state index in [1.807, 2.05) is 0 Å². The molecule has 2 aliphatic heterocycles. The van der Waals surface area contributed by atoms with E-state index in [1.54, 1.807) is 0 Å². The van der Waals surface area contributed by atoms with Crippen molar-refractivity contribution in [3.8, 4) is 0 Å². The van der Waals surface area contributed by atoms with Gasteiger partial charge < -0.3 is 15.5 Å². The summed E-state index contributed by atoms with van der Waals surface area (Å²) in [6.45, 7) is 7.84. The van der Waals surface area contributed by atoms with Gasteiger partial charge in [0.1, 0.15) is 0 Å². The zero-order valence-corrected chi connectivity index (χ0v) is 13.2. The zero-order chi connectivity index (χ0) is 14.7.